The number of hydrogen-bond donors (Lipinski definition) is 3. The Balaban J connectivity index is 0.000000271. The third-order valence-electron chi connectivity index (χ3n) is 9.85. The Labute approximate surface area is 358 Å². The van der Waals surface area contributed by atoms with Gasteiger partial charge in [0.1, 0.15) is 37.9 Å². The molecule has 0 radical (unpaired) electrons. The Morgan fingerprint density at radius 3 is 1.77 bits per heavy atom. The first-order chi connectivity index (χ1) is 29.5. The van der Waals surface area contributed by atoms with Crippen LogP contribution in [0.5, 0.6) is 0 Å². The van der Waals surface area contributed by atoms with Crippen LogP contribution in [0.4, 0.5) is 4.79 Å². The van der Waals surface area contributed by atoms with E-state index in [1.54, 1.807) is 13.0 Å². The van der Waals surface area contributed by atoms with Crippen molar-refractivity contribution in [3.8, 4) is 0 Å². The van der Waals surface area contributed by atoms with Gasteiger partial charge in [0.25, 0.3) is 0 Å². The van der Waals surface area contributed by atoms with E-state index in [1.165, 1.54) is 18.1 Å². The van der Waals surface area contributed by atoms with Gasteiger partial charge in [0, 0.05) is 6.54 Å². The number of likely N-dealkylation sites (tertiary alicyclic amines) is 1. The van der Waals surface area contributed by atoms with E-state index in [0.717, 1.165) is 36.1 Å². The maximum Gasteiger partial charge on any atom is 0.408 e. The predicted molar refractivity (Wildman–Crippen MR) is 228 cm³/mol. The van der Waals surface area contributed by atoms with Crippen LogP contribution in [-0.2, 0) is 62.7 Å². The zero-order valence-corrected chi connectivity index (χ0v) is 35.1. The van der Waals surface area contributed by atoms with Crippen LogP contribution in [0.3, 0.4) is 0 Å². The molecule has 14 heteroatoms. The number of esters is 3. The van der Waals surface area contributed by atoms with Crippen LogP contribution < -0.4 is 10.6 Å². The molecule has 3 aromatic rings. The fourth-order valence-corrected chi connectivity index (χ4v) is 6.54. The quantitative estimate of drug-likeness (QED) is 0.0715. The SMILES string of the molecule is C=CC[C@H](C[C@H](C)C(=O)OCc1ccccc1)C(=O)OCc1ccccc1.C=CC[C@H](NC(=O)OCc1ccccc1)C(=O)N1CCC[C@H]1C(=O)O.COC(=O)[C@@H]1CCCN1. The van der Waals surface area contributed by atoms with Gasteiger partial charge in [0.15, 0.2) is 0 Å². The molecule has 0 aromatic heterocycles. The molecule has 61 heavy (non-hydrogen) atoms. The van der Waals surface area contributed by atoms with Crippen LogP contribution in [0, 0.1) is 11.8 Å². The lowest BCUT2D eigenvalue weighted by atomic mass is 9.93. The van der Waals surface area contributed by atoms with Crippen LogP contribution in [-0.4, -0.2) is 84.2 Å². The fraction of sp³-hybridized carbons (Fsp3) is 0.404. The minimum absolute atomic E-state index is 0.0324. The first-order valence-corrected chi connectivity index (χ1v) is 20.4. The summed E-state index contributed by atoms with van der Waals surface area (Å²) < 4.78 is 20.4. The number of allylic oxidation sites excluding steroid dienone is 1. The molecule has 0 aliphatic carbocycles. The van der Waals surface area contributed by atoms with Crippen molar-refractivity contribution >= 4 is 35.9 Å². The van der Waals surface area contributed by atoms with Gasteiger partial charge in [-0.05, 0) is 68.2 Å². The van der Waals surface area contributed by atoms with Crippen molar-refractivity contribution in [2.45, 2.75) is 89.8 Å². The molecule has 0 bridgehead atoms. The molecule has 2 aliphatic rings. The minimum Gasteiger partial charge on any atom is -0.480 e. The number of nitrogens with one attached hydrogen (secondary N) is 2. The van der Waals surface area contributed by atoms with Crippen LogP contribution in [0.2, 0.25) is 0 Å². The summed E-state index contributed by atoms with van der Waals surface area (Å²) in [4.78, 5) is 72.5. The number of nitrogens with zero attached hydrogens (tertiary/aromatic N) is 1. The molecule has 2 amide bonds. The predicted octanol–water partition coefficient (Wildman–Crippen LogP) is 6.54. The first-order valence-electron chi connectivity index (χ1n) is 20.4. The molecule has 5 rings (SSSR count). The second-order valence-corrected chi connectivity index (χ2v) is 14.5. The van der Waals surface area contributed by atoms with Gasteiger partial charge in [0.05, 0.1) is 18.9 Å². The average molecular weight is 842 g/mol. The van der Waals surface area contributed by atoms with Crippen LogP contribution in [0.15, 0.2) is 116 Å². The summed E-state index contributed by atoms with van der Waals surface area (Å²) in [6, 6.07) is 26.4. The van der Waals surface area contributed by atoms with Crippen molar-refractivity contribution in [2.24, 2.45) is 11.8 Å². The Hall–Kier alpha value is -6.28. The Bertz CT molecular complexity index is 1840. The summed E-state index contributed by atoms with van der Waals surface area (Å²) in [5, 5.41) is 14.8. The fourth-order valence-electron chi connectivity index (χ4n) is 6.54. The number of carbonyl (C=O) groups is 6. The van der Waals surface area contributed by atoms with Gasteiger partial charge in [-0.15, -0.1) is 13.2 Å². The minimum atomic E-state index is -1.03. The monoisotopic (exact) mass is 841 g/mol. The largest absolute Gasteiger partial charge is 0.480 e. The first kappa shape index (κ1) is 49.1. The molecule has 3 N–H and O–H groups in total. The maximum absolute atomic E-state index is 12.6. The topological polar surface area (TPSA) is 187 Å². The van der Waals surface area contributed by atoms with Gasteiger partial charge < -0.3 is 39.6 Å². The lowest BCUT2D eigenvalue weighted by Gasteiger charge is -2.26. The number of carboxylic acid groups (broad SMARTS) is 1. The molecular weight excluding hydrogens is 783 g/mol. The molecule has 2 fully saturated rings. The van der Waals surface area contributed by atoms with Gasteiger partial charge in [-0.3, -0.25) is 19.2 Å². The standard InChI is InChI=1S/C23H26O4.C18H22N2O5.C6H11NO2/c1-3-10-21(23(25)27-17-20-13-8-5-9-14-20)15-18(2)22(24)26-16-19-11-6-4-7-12-19;1-2-7-14(16(21)20-11-6-10-15(20)17(22)23)19-18(24)25-12-13-8-4-3-5-9-13;1-9-6(8)5-3-2-4-7-5/h3-9,11-14,18,21H,1,10,15-17H2,2H3;2-5,8-9,14-15H,1,6-7,10-12H2,(H,19,24)(H,22,23);5,7H,2-4H2,1H3/t18-,21+;14-,15-;5-/m000/s1. The van der Waals surface area contributed by atoms with Crippen molar-refractivity contribution in [1.29, 1.82) is 0 Å². The van der Waals surface area contributed by atoms with Gasteiger partial charge in [-0.2, -0.15) is 0 Å². The highest BCUT2D eigenvalue weighted by Crippen LogP contribution is 2.21. The lowest BCUT2D eigenvalue weighted by Crippen LogP contribution is -2.51. The molecule has 0 saturated carbocycles. The van der Waals surface area contributed by atoms with Gasteiger partial charge in [-0.25, -0.2) is 9.59 Å². The number of amides is 2. The van der Waals surface area contributed by atoms with Crippen molar-refractivity contribution in [2.75, 3.05) is 20.2 Å². The molecular formula is C47H59N3O11. The summed E-state index contributed by atoms with van der Waals surface area (Å²) in [5.41, 5.74) is 2.69. The van der Waals surface area contributed by atoms with Crippen molar-refractivity contribution < 1.29 is 52.8 Å². The number of alkyl carbamates (subject to hydrolysis) is 1. The van der Waals surface area contributed by atoms with E-state index in [2.05, 4.69) is 28.5 Å². The molecule has 14 nitrogen and oxygen atoms in total. The Morgan fingerprint density at radius 1 is 0.770 bits per heavy atom. The maximum atomic E-state index is 12.6. The Morgan fingerprint density at radius 2 is 1.30 bits per heavy atom. The zero-order chi connectivity index (χ0) is 44.4. The molecule has 3 aromatic carbocycles. The summed E-state index contributed by atoms with van der Waals surface area (Å²) in [6.45, 7) is 10.9. The highest BCUT2D eigenvalue weighted by Gasteiger charge is 2.37. The second-order valence-electron chi connectivity index (χ2n) is 14.5. The van der Waals surface area contributed by atoms with Crippen LogP contribution in [0.1, 0.15) is 68.6 Å². The molecule has 328 valence electrons. The number of rotatable bonds is 18. The van der Waals surface area contributed by atoms with Crippen molar-refractivity contribution in [1.82, 2.24) is 15.5 Å². The molecule has 5 atom stereocenters. The second kappa shape index (κ2) is 27.5. The summed E-state index contributed by atoms with van der Waals surface area (Å²) in [5.74, 6) is -3.04. The molecule has 0 unspecified atom stereocenters. The molecule has 2 aliphatic heterocycles. The lowest BCUT2D eigenvalue weighted by molar-refractivity contribution is -0.154. The van der Waals surface area contributed by atoms with E-state index in [0.29, 0.717) is 32.2 Å². The third kappa shape index (κ3) is 17.9. The van der Waals surface area contributed by atoms with E-state index < -0.39 is 41.9 Å². The molecule has 2 saturated heterocycles. The van der Waals surface area contributed by atoms with Crippen molar-refractivity contribution in [3.63, 3.8) is 0 Å². The van der Waals surface area contributed by atoms with E-state index in [-0.39, 0.29) is 50.2 Å². The van der Waals surface area contributed by atoms with E-state index in [1.807, 2.05) is 91.0 Å². The number of ether oxygens (including phenoxy) is 4. The number of methoxy groups -OCH3 is 1. The van der Waals surface area contributed by atoms with Crippen LogP contribution in [0.25, 0.3) is 0 Å². The summed E-state index contributed by atoms with van der Waals surface area (Å²) in [6.07, 6.45) is 6.53. The molecule has 2 heterocycles. The average Bonchev–Trinajstić information content (AvgIpc) is 4.02. The number of benzene rings is 3. The number of carbonyl (C=O) groups excluding carboxylic acids is 5. The van der Waals surface area contributed by atoms with Gasteiger partial charge in [0.2, 0.25) is 5.91 Å². The number of hydrogen-bond acceptors (Lipinski definition) is 11. The van der Waals surface area contributed by atoms with E-state index in [9.17, 15) is 33.9 Å². The Kier molecular flexibility index (Phi) is 22.1. The third-order valence-corrected chi connectivity index (χ3v) is 9.85. The molecule has 0 spiro atoms. The number of aliphatic carboxylic acids is 1. The number of carboxylic acids is 1. The van der Waals surface area contributed by atoms with Gasteiger partial charge >= 0.3 is 30.0 Å². The smallest absolute Gasteiger partial charge is 0.408 e. The van der Waals surface area contributed by atoms with E-state index in [4.69, 9.17) is 14.2 Å². The normalized spacial score (nSPS) is 16.7. The summed E-state index contributed by atoms with van der Waals surface area (Å²) in [7, 11) is 1.42. The van der Waals surface area contributed by atoms with Gasteiger partial charge in [-0.1, -0.05) is 110 Å². The highest BCUT2D eigenvalue weighted by molar-refractivity contribution is 5.90. The van der Waals surface area contributed by atoms with Crippen molar-refractivity contribution in [3.05, 3.63) is 133 Å². The summed E-state index contributed by atoms with van der Waals surface area (Å²) >= 11 is 0. The van der Waals surface area contributed by atoms with Crippen LogP contribution >= 0.6 is 0 Å². The van der Waals surface area contributed by atoms with E-state index >= 15 is 0 Å². The zero-order valence-electron chi connectivity index (χ0n) is 35.1. The highest BCUT2D eigenvalue weighted by atomic mass is 16.6.